The van der Waals surface area contributed by atoms with Gasteiger partial charge in [-0.05, 0) is 31.9 Å². The fourth-order valence-corrected chi connectivity index (χ4v) is 2.87. The van der Waals surface area contributed by atoms with Crippen LogP contribution in [-0.2, 0) is 22.5 Å². The van der Waals surface area contributed by atoms with Gasteiger partial charge in [0.2, 0.25) is 5.91 Å². The number of benzene rings is 1. The lowest BCUT2D eigenvalue weighted by Gasteiger charge is -2.22. The maximum Gasteiger partial charge on any atom is 0.412 e. The smallest absolute Gasteiger partial charge is 0.412 e. The lowest BCUT2D eigenvalue weighted by atomic mass is 10.1. The van der Waals surface area contributed by atoms with Crippen LogP contribution < -0.4 is 10.2 Å². The third-order valence-corrected chi connectivity index (χ3v) is 3.82. The number of hydrogen-bond acceptors (Lipinski definition) is 5. The summed E-state index contributed by atoms with van der Waals surface area (Å²) in [5.41, 5.74) is 2.11. The summed E-state index contributed by atoms with van der Waals surface area (Å²) in [6.45, 7) is 4.05. The van der Waals surface area contributed by atoms with Gasteiger partial charge in [0.25, 0.3) is 0 Å². The highest BCUT2D eigenvalue weighted by Crippen LogP contribution is 2.31. The Morgan fingerprint density at radius 1 is 1.38 bits per heavy atom. The fraction of sp³-hybridized carbons (Fsp3) is 0.375. The molecule has 0 fully saturated rings. The van der Waals surface area contributed by atoms with Crippen molar-refractivity contribution in [1.82, 2.24) is 15.0 Å². The molecule has 0 radical (unpaired) electrons. The summed E-state index contributed by atoms with van der Waals surface area (Å²) in [5.74, 6) is 0.177. The summed E-state index contributed by atoms with van der Waals surface area (Å²) < 4.78 is 6.17. The van der Waals surface area contributed by atoms with Crippen molar-refractivity contribution in [2.45, 2.75) is 32.9 Å². The largest absolute Gasteiger partial charge is 0.450 e. The van der Waals surface area contributed by atoms with Gasteiger partial charge < -0.3 is 9.64 Å². The molecule has 8 nitrogen and oxygen atoms in total. The molecule has 0 aliphatic carbocycles. The number of rotatable bonds is 4. The SMILES string of the molecule is CCOC(=O)Nc1cn(CC(=O)N2c3ccccc3CC2C)nn1. The summed E-state index contributed by atoms with van der Waals surface area (Å²) in [5, 5.41) is 10.1. The van der Waals surface area contributed by atoms with E-state index >= 15 is 0 Å². The van der Waals surface area contributed by atoms with Crippen LogP contribution in [0.1, 0.15) is 19.4 Å². The molecule has 1 aliphatic rings. The normalized spacial score (nSPS) is 15.9. The zero-order chi connectivity index (χ0) is 17.1. The van der Waals surface area contributed by atoms with E-state index in [1.807, 2.05) is 31.2 Å². The van der Waals surface area contributed by atoms with Gasteiger partial charge >= 0.3 is 6.09 Å². The molecule has 2 aromatic rings. The van der Waals surface area contributed by atoms with E-state index in [0.29, 0.717) is 0 Å². The van der Waals surface area contributed by atoms with E-state index in [1.165, 1.54) is 16.4 Å². The lowest BCUT2D eigenvalue weighted by Crippen LogP contribution is -2.38. The predicted octanol–water partition coefficient (Wildman–Crippen LogP) is 1.82. The third kappa shape index (κ3) is 3.22. The summed E-state index contributed by atoms with van der Waals surface area (Å²) >= 11 is 0. The van der Waals surface area contributed by atoms with E-state index in [1.54, 1.807) is 11.8 Å². The van der Waals surface area contributed by atoms with E-state index in [0.717, 1.165) is 12.1 Å². The number of hydrogen-bond donors (Lipinski definition) is 1. The number of nitrogens with one attached hydrogen (secondary N) is 1. The number of amides is 2. The Balaban J connectivity index is 1.67. The first kappa shape index (κ1) is 16.0. The minimum Gasteiger partial charge on any atom is -0.450 e. The second-order valence-corrected chi connectivity index (χ2v) is 5.59. The molecule has 0 saturated carbocycles. The molecule has 0 bridgehead atoms. The monoisotopic (exact) mass is 329 g/mol. The number of ether oxygens (including phenoxy) is 1. The Bertz CT molecular complexity index is 758. The second kappa shape index (κ2) is 6.69. The van der Waals surface area contributed by atoms with E-state index < -0.39 is 6.09 Å². The second-order valence-electron chi connectivity index (χ2n) is 5.59. The number of para-hydroxylation sites is 1. The van der Waals surface area contributed by atoms with Crippen LogP contribution in [0, 0.1) is 0 Å². The average Bonchev–Trinajstić information content (AvgIpc) is 3.10. The van der Waals surface area contributed by atoms with Gasteiger partial charge in [0.05, 0.1) is 12.8 Å². The van der Waals surface area contributed by atoms with E-state index in [2.05, 4.69) is 15.6 Å². The van der Waals surface area contributed by atoms with E-state index in [4.69, 9.17) is 4.74 Å². The molecular weight excluding hydrogens is 310 g/mol. The third-order valence-electron chi connectivity index (χ3n) is 3.82. The number of aromatic nitrogens is 3. The molecule has 1 N–H and O–H groups in total. The van der Waals surface area contributed by atoms with Crippen molar-refractivity contribution in [3.8, 4) is 0 Å². The highest BCUT2D eigenvalue weighted by molar-refractivity contribution is 5.96. The van der Waals surface area contributed by atoms with Crippen LogP contribution in [0.25, 0.3) is 0 Å². The Kier molecular flexibility index (Phi) is 4.45. The molecule has 2 amide bonds. The zero-order valence-corrected chi connectivity index (χ0v) is 13.6. The van der Waals surface area contributed by atoms with Crippen LogP contribution >= 0.6 is 0 Å². The van der Waals surface area contributed by atoms with Crippen LogP contribution in [0.15, 0.2) is 30.5 Å². The van der Waals surface area contributed by atoms with Gasteiger partial charge in [0, 0.05) is 11.7 Å². The molecule has 0 saturated heterocycles. The fourth-order valence-electron chi connectivity index (χ4n) is 2.87. The minimum atomic E-state index is -0.599. The molecule has 1 aromatic carbocycles. The molecule has 3 rings (SSSR count). The van der Waals surface area contributed by atoms with Gasteiger partial charge in [-0.25, -0.2) is 9.48 Å². The molecule has 1 unspecified atom stereocenters. The number of carbonyl (C=O) groups is 2. The summed E-state index contributed by atoms with van der Waals surface area (Å²) in [7, 11) is 0. The lowest BCUT2D eigenvalue weighted by molar-refractivity contribution is -0.119. The molecule has 126 valence electrons. The zero-order valence-electron chi connectivity index (χ0n) is 13.6. The quantitative estimate of drug-likeness (QED) is 0.924. The highest BCUT2D eigenvalue weighted by atomic mass is 16.5. The van der Waals surface area contributed by atoms with Crippen LogP contribution in [0.4, 0.5) is 16.3 Å². The highest BCUT2D eigenvalue weighted by Gasteiger charge is 2.30. The first-order chi connectivity index (χ1) is 11.6. The topological polar surface area (TPSA) is 89.4 Å². The van der Waals surface area contributed by atoms with Crippen LogP contribution in [0.2, 0.25) is 0 Å². The predicted molar refractivity (Wildman–Crippen MR) is 87.8 cm³/mol. The molecular formula is C16H19N5O3. The van der Waals surface area contributed by atoms with Gasteiger partial charge in [-0.1, -0.05) is 23.4 Å². The molecule has 1 atom stereocenters. The van der Waals surface area contributed by atoms with Gasteiger partial charge in [-0.3, -0.25) is 10.1 Å². The van der Waals surface area contributed by atoms with Gasteiger partial charge in [0.1, 0.15) is 6.54 Å². The molecule has 0 spiro atoms. The van der Waals surface area contributed by atoms with E-state index in [-0.39, 0.29) is 30.9 Å². The first-order valence-electron chi connectivity index (χ1n) is 7.82. The van der Waals surface area contributed by atoms with Crippen molar-refractivity contribution in [3.05, 3.63) is 36.0 Å². The average molecular weight is 329 g/mol. The first-order valence-corrected chi connectivity index (χ1v) is 7.82. The van der Waals surface area contributed by atoms with Gasteiger partial charge in [-0.15, -0.1) is 5.10 Å². The van der Waals surface area contributed by atoms with Crippen molar-refractivity contribution in [2.75, 3.05) is 16.8 Å². The maximum absolute atomic E-state index is 12.6. The Morgan fingerprint density at radius 2 is 2.17 bits per heavy atom. The van der Waals surface area contributed by atoms with Crippen LogP contribution in [0.5, 0.6) is 0 Å². The Labute approximate surface area is 139 Å². The number of fused-ring (bicyclic) bond motifs is 1. The molecule has 1 aromatic heterocycles. The van der Waals surface area contributed by atoms with Gasteiger partial charge in [-0.2, -0.15) is 0 Å². The molecule has 2 heterocycles. The summed E-state index contributed by atoms with van der Waals surface area (Å²) in [4.78, 5) is 25.8. The number of carbonyl (C=O) groups excluding carboxylic acids is 2. The minimum absolute atomic E-state index is 0.0518. The summed E-state index contributed by atoms with van der Waals surface area (Å²) in [6, 6.07) is 8.00. The number of nitrogens with zero attached hydrogens (tertiary/aromatic N) is 4. The van der Waals surface area contributed by atoms with Crippen molar-refractivity contribution in [1.29, 1.82) is 0 Å². The van der Waals surface area contributed by atoms with Crippen LogP contribution in [-0.4, -0.2) is 39.6 Å². The standard InChI is InChI=1S/C16H19N5O3/c1-3-24-16(23)17-14-9-20(19-18-14)10-15(22)21-11(2)8-12-6-4-5-7-13(12)21/h4-7,9,11H,3,8,10H2,1-2H3,(H,17,23). The van der Waals surface area contributed by atoms with Crippen molar-refractivity contribution in [3.63, 3.8) is 0 Å². The Morgan fingerprint density at radius 3 is 2.96 bits per heavy atom. The number of anilines is 2. The van der Waals surface area contributed by atoms with Gasteiger partial charge in [0.15, 0.2) is 5.82 Å². The van der Waals surface area contributed by atoms with E-state index in [9.17, 15) is 9.59 Å². The Hall–Kier alpha value is -2.90. The van der Waals surface area contributed by atoms with Crippen LogP contribution in [0.3, 0.4) is 0 Å². The molecule has 1 aliphatic heterocycles. The van der Waals surface area contributed by atoms with Crippen molar-refractivity contribution >= 4 is 23.5 Å². The van der Waals surface area contributed by atoms with Crippen molar-refractivity contribution < 1.29 is 14.3 Å². The van der Waals surface area contributed by atoms with Crippen molar-refractivity contribution in [2.24, 2.45) is 0 Å². The molecule has 24 heavy (non-hydrogen) atoms. The molecule has 8 heteroatoms. The summed E-state index contributed by atoms with van der Waals surface area (Å²) in [6.07, 6.45) is 1.74. The maximum atomic E-state index is 12.6.